The molecule has 20 heavy (non-hydrogen) atoms. The van der Waals surface area contributed by atoms with Crippen LogP contribution >= 0.6 is 7.82 Å². The van der Waals surface area contributed by atoms with E-state index in [0.717, 1.165) is 0 Å². The third kappa shape index (κ3) is 6.17. The monoisotopic (exact) mass is 322 g/mol. The van der Waals surface area contributed by atoms with Crippen molar-refractivity contribution in [3.05, 3.63) is 0 Å². The third-order valence-corrected chi connectivity index (χ3v) is 3.18. The van der Waals surface area contributed by atoms with Crippen LogP contribution in [-0.4, -0.2) is 63.1 Å². The van der Waals surface area contributed by atoms with Crippen molar-refractivity contribution in [1.82, 2.24) is 0 Å². The second-order valence-corrected chi connectivity index (χ2v) is 5.55. The van der Waals surface area contributed by atoms with Crippen LogP contribution in [0, 0.1) is 0 Å². The Kier molecular flexibility index (Phi) is 8.56. The van der Waals surface area contributed by atoms with E-state index in [1.54, 1.807) is 0 Å². The van der Waals surface area contributed by atoms with Gasteiger partial charge in [-0.1, -0.05) is 0 Å². The van der Waals surface area contributed by atoms with E-state index >= 15 is 0 Å². The molecule has 0 aromatic heterocycles. The van der Waals surface area contributed by atoms with E-state index < -0.39 is 44.9 Å². The zero-order valence-electron chi connectivity index (χ0n) is 11.1. The number of Topliss-reactive ketones (excluding diaryl/α,β-unsaturated/α-hetero) is 1. The SMILES string of the molecule is CC(=O)CC1OC(COP(=O)([O-])O)C(O)C(O)C1O.[Na+]. The molecule has 1 fully saturated rings. The normalized spacial score (nSPS) is 36.8. The molecule has 0 saturated carbocycles. The number of aliphatic hydroxyl groups excluding tert-OH is 3. The summed E-state index contributed by atoms with van der Waals surface area (Å²) in [5.74, 6) is -0.316. The van der Waals surface area contributed by atoms with Crippen LogP contribution in [0.3, 0.4) is 0 Å². The van der Waals surface area contributed by atoms with E-state index in [2.05, 4.69) is 4.52 Å². The van der Waals surface area contributed by atoms with Gasteiger partial charge in [0.2, 0.25) is 0 Å². The summed E-state index contributed by atoms with van der Waals surface area (Å²) in [5, 5.41) is 28.8. The summed E-state index contributed by atoms with van der Waals surface area (Å²) in [6.07, 6.45) is -7.30. The predicted octanol–water partition coefficient (Wildman–Crippen LogP) is -5.70. The molecule has 6 unspecified atom stereocenters. The van der Waals surface area contributed by atoms with Crippen LogP contribution in [0.25, 0.3) is 0 Å². The molecule has 1 heterocycles. The number of carbonyl (C=O) groups is 1. The molecule has 0 bridgehead atoms. The van der Waals surface area contributed by atoms with Crippen molar-refractivity contribution in [2.75, 3.05) is 6.61 Å². The van der Waals surface area contributed by atoms with Crippen molar-refractivity contribution in [3.63, 3.8) is 0 Å². The van der Waals surface area contributed by atoms with Gasteiger partial charge in [0.1, 0.15) is 30.2 Å². The average Bonchev–Trinajstić information content (AvgIpc) is 2.26. The van der Waals surface area contributed by atoms with E-state index in [0.29, 0.717) is 0 Å². The number of phosphoric acid groups is 1. The van der Waals surface area contributed by atoms with Crippen LogP contribution < -0.4 is 34.5 Å². The fourth-order valence-corrected chi connectivity index (χ4v) is 2.12. The van der Waals surface area contributed by atoms with Crippen molar-refractivity contribution < 1.29 is 73.3 Å². The van der Waals surface area contributed by atoms with E-state index in [1.807, 2.05) is 0 Å². The maximum absolute atomic E-state index is 11.0. The fourth-order valence-electron chi connectivity index (χ4n) is 1.79. The molecule has 1 saturated heterocycles. The van der Waals surface area contributed by atoms with Gasteiger partial charge in [-0.3, -0.25) is 9.36 Å². The molecule has 1 aliphatic heterocycles. The summed E-state index contributed by atoms with van der Waals surface area (Å²) in [6.45, 7) is 0.509. The third-order valence-electron chi connectivity index (χ3n) is 2.70. The minimum Gasteiger partial charge on any atom is -0.756 e. The molecule has 1 rings (SSSR count). The number of carbonyl (C=O) groups excluding carboxylic acids is 1. The van der Waals surface area contributed by atoms with Crippen molar-refractivity contribution in [2.24, 2.45) is 0 Å². The number of aliphatic hydroxyl groups is 3. The largest absolute Gasteiger partial charge is 1.00 e. The van der Waals surface area contributed by atoms with Crippen LogP contribution in [0.2, 0.25) is 0 Å². The molecule has 0 aliphatic carbocycles. The van der Waals surface area contributed by atoms with Gasteiger partial charge in [-0.25, -0.2) is 0 Å². The van der Waals surface area contributed by atoms with E-state index in [9.17, 15) is 29.6 Å². The molecule has 112 valence electrons. The minimum absolute atomic E-state index is 0. The molecule has 11 heteroatoms. The maximum Gasteiger partial charge on any atom is 1.00 e. The number of rotatable bonds is 5. The molecule has 0 amide bonds. The maximum atomic E-state index is 11.0. The molecule has 0 radical (unpaired) electrons. The second kappa shape index (κ2) is 8.30. The molecule has 0 aromatic rings. The van der Waals surface area contributed by atoms with Crippen LogP contribution in [0.1, 0.15) is 13.3 Å². The predicted molar refractivity (Wildman–Crippen MR) is 57.8 cm³/mol. The van der Waals surface area contributed by atoms with Crippen LogP contribution in [0.4, 0.5) is 0 Å². The first kappa shape index (κ1) is 20.6. The first-order chi connectivity index (χ1) is 8.61. The van der Waals surface area contributed by atoms with E-state index in [4.69, 9.17) is 9.63 Å². The van der Waals surface area contributed by atoms with Gasteiger partial charge in [0.05, 0.1) is 12.7 Å². The van der Waals surface area contributed by atoms with Gasteiger partial charge in [-0.2, -0.15) is 0 Å². The number of phosphoric ester groups is 1. The summed E-state index contributed by atoms with van der Waals surface area (Å²) in [7, 11) is -4.99. The zero-order valence-corrected chi connectivity index (χ0v) is 14.0. The summed E-state index contributed by atoms with van der Waals surface area (Å²) < 4.78 is 19.6. The summed E-state index contributed by atoms with van der Waals surface area (Å²) in [4.78, 5) is 29.9. The summed E-state index contributed by atoms with van der Waals surface area (Å²) in [6, 6.07) is 0. The first-order valence-electron chi connectivity index (χ1n) is 5.49. The van der Waals surface area contributed by atoms with Gasteiger partial charge in [0, 0.05) is 6.42 Å². The van der Waals surface area contributed by atoms with Gasteiger partial charge in [-0.15, -0.1) is 0 Å². The zero-order chi connectivity index (χ0) is 14.8. The quantitative estimate of drug-likeness (QED) is 0.286. The Hall–Kier alpha value is 0.620. The van der Waals surface area contributed by atoms with Crippen molar-refractivity contribution in [1.29, 1.82) is 0 Å². The Morgan fingerprint density at radius 2 is 1.75 bits per heavy atom. The molecular weight excluding hydrogens is 306 g/mol. The van der Waals surface area contributed by atoms with Gasteiger partial charge >= 0.3 is 29.6 Å². The molecule has 1 aliphatic rings. The number of hydrogen-bond acceptors (Lipinski definition) is 8. The Bertz CT molecular complexity index is 372. The molecule has 6 atom stereocenters. The standard InChI is InChI=1S/C9H17O9P.Na/c1-4(10)2-5-7(11)9(13)8(12)6(18-5)3-17-19(14,15)16;/h5-9,11-13H,2-3H2,1H3,(H2,14,15,16);/q;+1/p-1. The van der Waals surface area contributed by atoms with Gasteiger partial charge in [-0.05, 0) is 6.92 Å². The summed E-state index contributed by atoms with van der Waals surface area (Å²) >= 11 is 0. The number of hydrogen-bond donors (Lipinski definition) is 4. The molecule has 9 nitrogen and oxygen atoms in total. The Labute approximate surface area is 137 Å². The van der Waals surface area contributed by atoms with Crippen molar-refractivity contribution in [2.45, 2.75) is 43.9 Å². The topological polar surface area (TPSA) is 157 Å². The van der Waals surface area contributed by atoms with Gasteiger partial charge in [0.25, 0.3) is 7.82 Å². The fraction of sp³-hybridized carbons (Fsp3) is 0.889. The van der Waals surface area contributed by atoms with Crippen molar-refractivity contribution >= 4 is 13.6 Å². The van der Waals surface area contributed by atoms with Crippen molar-refractivity contribution in [3.8, 4) is 0 Å². The Morgan fingerprint density at radius 3 is 2.20 bits per heavy atom. The Balaban J connectivity index is 0.00000361. The molecule has 0 spiro atoms. The van der Waals surface area contributed by atoms with Crippen LogP contribution in [0.15, 0.2) is 0 Å². The summed E-state index contributed by atoms with van der Waals surface area (Å²) in [5.41, 5.74) is 0. The van der Waals surface area contributed by atoms with Crippen LogP contribution in [0.5, 0.6) is 0 Å². The van der Waals surface area contributed by atoms with E-state index in [-0.39, 0.29) is 41.8 Å². The Morgan fingerprint density at radius 1 is 1.25 bits per heavy atom. The first-order valence-corrected chi connectivity index (χ1v) is 6.99. The van der Waals surface area contributed by atoms with Gasteiger partial charge < -0.3 is 34.4 Å². The minimum atomic E-state index is -4.99. The molecule has 4 N–H and O–H groups in total. The smallest absolute Gasteiger partial charge is 0.756 e. The second-order valence-electron chi connectivity index (χ2n) is 4.36. The van der Waals surface area contributed by atoms with Gasteiger partial charge in [0.15, 0.2) is 0 Å². The number of ketones is 1. The van der Waals surface area contributed by atoms with Crippen LogP contribution in [-0.2, 0) is 18.6 Å². The molecular formula is C9H16NaO9P. The van der Waals surface area contributed by atoms with E-state index in [1.165, 1.54) is 6.92 Å². The average molecular weight is 322 g/mol. The number of ether oxygens (including phenoxy) is 1. The molecule has 0 aromatic carbocycles.